The molecular formula is C45H18F15InN6. The molecule has 0 bridgehead atoms. The van der Waals surface area contributed by atoms with E-state index in [1.165, 1.54) is 62.7 Å². The van der Waals surface area contributed by atoms with E-state index in [2.05, 4.69) is 15.0 Å². The molecule has 3 aliphatic rings. The van der Waals surface area contributed by atoms with E-state index in [1.807, 2.05) is 0 Å². The predicted octanol–water partition coefficient (Wildman–Crippen LogP) is 11.3. The monoisotopic (exact) mass is 1040 g/mol. The first-order valence-corrected chi connectivity index (χ1v) is 23.4. The van der Waals surface area contributed by atoms with Crippen LogP contribution in [-0.4, -0.2) is 48.6 Å². The van der Waals surface area contributed by atoms with Crippen molar-refractivity contribution in [3.63, 3.8) is 0 Å². The van der Waals surface area contributed by atoms with Gasteiger partial charge < -0.3 is 0 Å². The summed E-state index contributed by atoms with van der Waals surface area (Å²) in [5, 5.41) is 0. The average molecular weight is 1040 g/mol. The van der Waals surface area contributed by atoms with E-state index < -0.39 is 177 Å². The van der Waals surface area contributed by atoms with E-state index >= 15 is 52.7 Å². The number of hydrogen-bond acceptors (Lipinski definition) is 3. The number of halogens is 15. The maximum atomic E-state index is 16.0. The summed E-state index contributed by atoms with van der Waals surface area (Å²) in [6.45, 7) is 0. The second-order valence-electron chi connectivity index (χ2n) is 14.3. The molecule has 22 heteroatoms. The first-order chi connectivity index (χ1) is 32.1. The van der Waals surface area contributed by atoms with Crippen LogP contribution in [0, 0.1) is 87.3 Å². The van der Waals surface area contributed by atoms with Crippen LogP contribution in [0.5, 0.6) is 0 Å². The van der Waals surface area contributed by atoms with Gasteiger partial charge in [-0.25, -0.2) is 0 Å². The van der Waals surface area contributed by atoms with Crippen molar-refractivity contribution in [2.75, 3.05) is 0 Å². The molecule has 0 aliphatic carbocycles. The molecule has 6 aromatic rings. The maximum absolute atomic E-state index is 16.0. The fourth-order valence-electron chi connectivity index (χ4n) is 7.80. The molecule has 0 N–H and O–H groups in total. The average Bonchev–Trinajstić information content (AvgIpc) is 4.19. The summed E-state index contributed by atoms with van der Waals surface area (Å²) >= 11 is -5.41. The van der Waals surface area contributed by atoms with Crippen molar-refractivity contribution in [2.45, 2.75) is 0 Å². The molecular weight excluding hydrogens is 1020 g/mol. The van der Waals surface area contributed by atoms with Gasteiger partial charge in [0.05, 0.1) is 0 Å². The Morgan fingerprint density at radius 3 is 0.761 bits per heavy atom. The summed E-state index contributed by atoms with van der Waals surface area (Å²) in [6, 6.07) is 7.09. The van der Waals surface area contributed by atoms with E-state index in [0.29, 0.717) is 0 Å². The Balaban J connectivity index is 1.41. The summed E-state index contributed by atoms with van der Waals surface area (Å²) in [5.41, 5.74) is -9.14. The standard InChI is InChI=1S/3C15H6F5N2.In/c3*16-11-10(12(17)14(19)15(20)13(11)18)9(7-3-1-5-21-7)8-4-2-6-22-8;/h3*1-6H;/q3*-1;+3/b3*9-7+;. The van der Waals surface area contributed by atoms with Crippen molar-refractivity contribution in [1.82, 2.24) is 7.66 Å². The molecule has 0 spiro atoms. The topological polar surface area (TPSA) is 51.9 Å². The van der Waals surface area contributed by atoms with E-state index in [-0.39, 0.29) is 0 Å². The van der Waals surface area contributed by atoms with Crippen LogP contribution >= 0.6 is 0 Å². The second kappa shape index (κ2) is 17.2. The zero-order valence-electron chi connectivity index (χ0n) is 32.8. The zero-order valence-corrected chi connectivity index (χ0v) is 36.1. The van der Waals surface area contributed by atoms with Crippen molar-refractivity contribution >= 4 is 57.7 Å². The van der Waals surface area contributed by atoms with Crippen LogP contribution < -0.4 is 0 Å². The molecule has 0 unspecified atom stereocenters. The van der Waals surface area contributed by atoms with Gasteiger partial charge in [0.25, 0.3) is 0 Å². The van der Waals surface area contributed by atoms with Gasteiger partial charge in [0.2, 0.25) is 0 Å². The number of aromatic nitrogens is 3. The number of rotatable bonds is 9. The Labute approximate surface area is 374 Å². The molecule has 3 aromatic carbocycles. The van der Waals surface area contributed by atoms with E-state index in [0.717, 1.165) is 55.1 Å². The van der Waals surface area contributed by atoms with Crippen molar-refractivity contribution in [2.24, 2.45) is 15.0 Å². The summed E-state index contributed by atoms with van der Waals surface area (Å²) in [4.78, 5) is 12.2. The first kappa shape index (κ1) is 44.9. The van der Waals surface area contributed by atoms with Crippen molar-refractivity contribution < 1.29 is 65.9 Å². The van der Waals surface area contributed by atoms with E-state index in [9.17, 15) is 13.2 Å². The summed E-state index contributed by atoms with van der Waals surface area (Å²) in [5.74, 6) is -35.6. The van der Waals surface area contributed by atoms with Gasteiger partial charge >= 0.3 is 376 Å². The van der Waals surface area contributed by atoms with Gasteiger partial charge in [0.15, 0.2) is 0 Å². The number of hydrogen-bond donors (Lipinski definition) is 0. The minimum atomic E-state index is -5.41. The Hall–Kier alpha value is -7.23. The Bertz CT molecular complexity index is 2950. The molecule has 0 amide bonds. The summed E-state index contributed by atoms with van der Waals surface area (Å²) in [7, 11) is 0. The predicted molar refractivity (Wildman–Crippen MR) is 215 cm³/mol. The van der Waals surface area contributed by atoms with Gasteiger partial charge in [-0.3, -0.25) is 0 Å². The van der Waals surface area contributed by atoms with Gasteiger partial charge in [-0.2, -0.15) is 0 Å². The quantitative estimate of drug-likeness (QED) is 0.0787. The van der Waals surface area contributed by atoms with Gasteiger partial charge in [0, 0.05) is 0 Å². The number of nitrogens with zero attached hydrogens (tertiary/aromatic N) is 6. The summed E-state index contributed by atoms with van der Waals surface area (Å²) in [6.07, 6.45) is 14.1. The van der Waals surface area contributed by atoms with Gasteiger partial charge in [-0.15, -0.1) is 0 Å². The van der Waals surface area contributed by atoms with Gasteiger partial charge in [0.1, 0.15) is 0 Å². The van der Waals surface area contributed by atoms with Crippen molar-refractivity contribution in [3.8, 4) is 0 Å². The molecule has 9 rings (SSSR count). The zero-order chi connectivity index (χ0) is 47.7. The molecule has 0 saturated heterocycles. The third-order valence-electron chi connectivity index (χ3n) is 10.7. The van der Waals surface area contributed by atoms with Crippen LogP contribution in [0.1, 0.15) is 33.8 Å². The Morgan fingerprint density at radius 1 is 0.328 bits per heavy atom. The molecule has 0 saturated carbocycles. The second-order valence-corrected chi connectivity index (χ2v) is 21.0. The van der Waals surface area contributed by atoms with Crippen LogP contribution in [0.3, 0.4) is 0 Å². The molecule has 6 nitrogen and oxygen atoms in total. The third kappa shape index (κ3) is 7.06. The van der Waals surface area contributed by atoms with Crippen LogP contribution in [0.15, 0.2) is 124 Å². The molecule has 0 atom stereocenters. The van der Waals surface area contributed by atoms with Crippen LogP contribution in [0.4, 0.5) is 65.9 Å². The molecule has 3 aliphatic heterocycles. The number of benzene rings is 3. The Kier molecular flexibility index (Phi) is 11.5. The SMILES string of the molecule is Fc1c(F)c(F)c(/C(=C2\C=CC=N2)c2ccc[n]2[In]([n]2cccc2/C(=C2/C=CC=N2)c2c(F)c(F)c(F)c(F)c2F)[n]2cccc2/C(=C2/C=CC=N2)c2c(F)c(F)c(F)c(F)c2F)c(F)c1F. The van der Waals surface area contributed by atoms with Crippen molar-refractivity contribution in [3.05, 3.63) is 230 Å². The van der Waals surface area contributed by atoms with E-state index in [1.54, 1.807) is 0 Å². The number of aliphatic imine (C=N–C) groups is 3. The molecule has 0 radical (unpaired) electrons. The van der Waals surface area contributed by atoms with E-state index in [4.69, 9.17) is 0 Å². The molecule has 67 heavy (non-hydrogen) atoms. The first-order valence-electron chi connectivity index (χ1n) is 19.0. The van der Waals surface area contributed by atoms with Gasteiger partial charge in [-0.05, 0) is 0 Å². The molecule has 336 valence electrons. The van der Waals surface area contributed by atoms with Gasteiger partial charge in [-0.1, -0.05) is 0 Å². The number of allylic oxidation sites excluding steroid dienone is 6. The van der Waals surface area contributed by atoms with Crippen LogP contribution in [0.2, 0.25) is 0 Å². The van der Waals surface area contributed by atoms with Crippen LogP contribution in [-0.2, 0) is 0 Å². The summed E-state index contributed by atoms with van der Waals surface area (Å²) < 4.78 is 233. The minimum absolute atomic E-state index is 0.391. The third-order valence-corrected chi connectivity index (χ3v) is 18.8. The van der Waals surface area contributed by atoms with Crippen LogP contribution in [0.25, 0.3) is 16.7 Å². The normalized spacial score (nSPS) is 16.2. The fourth-order valence-corrected chi connectivity index (χ4v) is 16.2. The molecule has 3 aromatic heterocycles. The Morgan fingerprint density at radius 2 is 0.552 bits per heavy atom. The molecule has 0 fully saturated rings. The van der Waals surface area contributed by atoms with Crippen molar-refractivity contribution in [1.29, 1.82) is 0 Å². The molecule has 6 heterocycles. The fraction of sp³-hybridized carbons (Fsp3) is 0.